The van der Waals surface area contributed by atoms with Gasteiger partial charge in [-0.3, -0.25) is 25.2 Å². The van der Waals surface area contributed by atoms with Crippen molar-refractivity contribution in [1.29, 1.82) is 0 Å². The minimum absolute atomic E-state index is 0.0607. The number of carboxylic acids is 1. The summed E-state index contributed by atoms with van der Waals surface area (Å²) in [7, 11) is 0. The van der Waals surface area contributed by atoms with Gasteiger partial charge in [-0.05, 0) is 12.5 Å². The molecule has 0 aliphatic heterocycles. The highest BCUT2D eigenvalue weighted by atomic mass is 16.4. The Hall–Kier alpha value is -2.64. The molecule has 0 aromatic carbocycles. The van der Waals surface area contributed by atoms with E-state index in [-0.39, 0.29) is 17.9 Å². The van der Waals surface area contributed by atoms with Crippen molar-refractivity contribution in [3.05, 3.63) is 23.8 Å². The van der Waals surface area contributed by atoms with Gasteiger partial charge < -0.3 is 10.4 Å². The third-order valence-electron chi connectivity index (χ3n) is 2.72. The van der Waals surface area contributed by atoms with Crippen LogP contribution in [-0.4, -0.2) is 34.8 Å². The molecule has 0 spiro atoms. The Morgan fingerprint density at radius 2 is 1.86 bits per heavy atom. The van der Waals surface area contributed by atoms with Crippen LogP contribution in [0.4, 0.5) is 0 Å². The normalized spacial score (nSPS) is 16.6. The van der Waals surface area contributed by atoms with E-state index in [4.69, 9.17) is 5.11 Å². The highest BCUT2D eigenvalue weighted by Gasteiger charge is 2.23. The molecule has 1 aliphatic rings. The first-order chi connectivity index (χ1) is 9.93. The maximum Gasteiger partial charge on any atom is 0.333 e. The van der Waals surface area contributed by atoms with Crippen LogP contribution in [0, 0.1) is 0 Å². The molecule has 0 saturated carbocycles. The van der Waals surface area contributed by atoms with Gasteiger partial charge in [0.25, 0.3) is 0 Å². The molecule has 1 aliphatic carbocycles. The summed E-state index contributed by atoms with van der Waals surface area (Å²) in [6, 6.07) is -0.668. The number of carbonyl (C=O) groups is 4. The smallest absolute Gasteiger partial charge is 0.333 e. The number of carbonyl (C=O) groups excluding carboxylic acids is 3. The minimum atomic E-state index is -1.12. The monoisotopic (exact) mass is 295 g/mol. The van der Waals surface area contributed by atoms with Crippen LogP contribution in [0.15, 0.2) is 23.8 Å². The number of nitrogens with one attached hydrogen (secondary N) is 3. The molecule has 114 valence electrons. The molecule has 8 heteroatoms. The molecule has 0 aromatic heterocycles. The predicted octanol–water partition coefficient (Wildman–Crippen LogP) is -0.610. The van der Waals surface area contributed by atoms with E-state index in [2.05, 4.69) is 16.2 Å². The van der Waals surface area contributed by atoms with E-state index in [9.17, 15) is 19.2 Å². The second-order valence-corrected chi connectivity index (χ2v) is 4.34. The first-order valence-electron chi connectivity index (χ1n) is 6.41. The molecule has 0 heterocycles. The predicted molar refractivity (Wildman–Crippen MR) is 72.6 cm³/mol. The second kappa shape index (κ2) is 7.83. The van der Waals surface area contributed by atoms with E-state index < -0.39 is 30.2 Å². The molecular formula is C13H17N3O5. The van der Waals surface area contributed by atoms with Gasteiger partial charge in [0.2, 0.25) is 17.7 Å². The number of hydrogen-bond donors (Lipinski definition) is 4. The fraction of sp³-hybridized carbons (Fsp3) is 0.385. The Morgan fingerprint density at radius 3 is 2.48 bits per heavy atom. The van der Waals surface area contributed by atoms with Gasteiger partial charge in [0.15, 0.2) is 0 Å². The summed E-state index contributed by atoms with van der Waals surface area (Å²) in [4.78, 5) is 45.0. The molecule has 4 N–H and O–H groups in total. The molecule has 8 nitrogen and oxygen atoms in total. The molecular weight excluding hydrogens is 278 g/mol. The lowest BCUT2D eigenvalue weighted by molar-refractivity contribution is -0.133. The highest BCUT2D eigenvalue weighted by molar-refractivity contribution is 5.98. The SMILES string of the molecule is CCC(=O)NNC(=O)CC(=O)NC1CC=CC=C1C(=O)O. The van der Waals surface area contributed by atoms with E-state index >= 15 is 0 Å². The number of carboxylic acid groups (broad SMARTS) is 1. The van der Waals surface area contributed by atoms with Crippen LogP contribution in [0.2, 0.25) is 0 Å². The third kappa shape index (κ3) is 5.47. The van der Waals surface area contributed by atoms with E-state index in [0.717, 1.165) is 0 Å². The lowest BCUT2D eigenvalue weighted by Crippen LogP contribution is -2.45. The van der Waals surface area contributed by atoms with Gasteiger partial charge in [0.05, 0.1) is 11.6 Å². The summed E-state index contributed by atoms with van der Waals surface area (Å²) in [5.74, 6) is -2.80. The molecule has 21 heavy (non-hydrogen) atoms. The number of amides is 3. The number of allylic oxidation sites excluding steroid dienone is 2. The summed E-state index contributed by atoms with van der Waals surface area (Å²) in [6.45, 7) is 1.62. The van der Waals surface area contributed by atoms with Crippen LogP contribution >= 0.6 is 0 Å². The van der Waals surface area contributed by atoms with E-state index in [0.29, 0.717) is 6.42 Å². The molecule has 0 bridgehead atoms. The van der Waals surface area contributed by atoms with Crippen molar-refractivity contribution in [1.82, 2.24) is 16.2 Å². The van der Waals surface area contributed by atoms with Crippen molar-refractivity contribution in [2.75, 3.05) is 0 Å². The fourth-order valence-corrected chi connectivity index (χ4v) is 1.65. The maximum atomic E-state index is 11.7. The molecule has 0 aromatic rings. The quantitative estimate of drug-likeness (QED) is 0.398. The van der Waals surface area contributed by atoms with Gasteiger partial charge in [-0.1, -0.05) is 19.1 Å². The second-order valence-electron chi connectivity index (χ2n) is 4.34. The summed E-state index contributed by atoms with van der Waals surface area (Å²) >= 11 is 0. The molecule has 1 unspecified atom stereocenters. The van der Waals surface area contributed by atoms with Crippen molar-refractivity contribution in [2.24, 2.45) is 0 Å². The molecule has 1 rings (SSSR count). The fourth-order valence-electron chi connectivity index (χ4n) is 1.65. The minimum Gasteiger partial charge on any atom is -0.478 e. The van der Waals surface area contributed by atoms with Crippen LogP contribution in [0.5, 0.6) is 0 Å². The Labute approximate surface area is 121 Å². The van der Waals surface area contributed by atoms with Crippen LogP contribution in [0.25, 0.3) is 0 Å². The van der Waals surface area contributed by atoms with Crippen LogP contribution < -0.4 is 16.2 Å². The van der Waals surface area contributed by atoms with E-state index in [1.165, 1.54) is 6.08 Å². The number of hydrazine groups is 1. The van der Waals surface area contributed by atoms with Crippen molar-refractivity contribution in [3.63, 3.8) is 0 Å². The van der Waals surface area contributed by atoms with E-state index in [1.807, 2.05) is 0 Å². The third-order valence-corrected chi connectivity index (χ3v) is 2.72. The first kappa shape index (κ1) is 16.4. The highest BCUT2D eigenvalue weighted by Crippen LogP contribution is 2.13. The van der Waals surface area contributed by atoms with Crippen LogP contribution in [-0.2, 0) is 19.2 Å². The van der Waals surface area contributed by atoms with Crippen LogP contribution in [0.3, 0.4) is 0 Å². The summed E-state index contributed by atoms with van der Waals surface area (Å²) in [5, 5.41) is 11.5. The number of hydrogen-bond acceptors (Lipinski definition) is 4. The van der Waals surface area contributed by atoms with Crippen molar-refractivity contribution >= 4 is 23.7 Å². The van der Waals surface area contributed by atoms with E-state index in [1.54, 1.807) is 19.1 Å². The number of rotatable bonds is 5. The molecule has 3 amide bonds. The van der Waals surface area contributed by atoms with Gasteiger partial charge in [0.1, 0.15) is 6.42 Å². The Balaban J connectivity index is 2.45. The zero-order chi connectivity index (χ0) is 15.8. The lowest BCUT2D eigenvalue weighted by Gasteiger charge is -2.20. The molecule has 0 fully saturated rings. The van der Waals surface area contributed by atoms with Crippen molar-refractivity contribution < 1.29 is 24.3 Å². The van der Waals surface area contributed by atoms with Gasteiger partial charge in [0, 0.05) is 6.42 Å². The topological polar surface area (TPSA) is 125 Å². The lowest BCUT2D eigenvalue weighted by atomic mass is 9.99. The summed E-state index contributed by atoms with van der Waals surface area (Å²) in [6.07, 6.45) is 4.76. The van der Waals surface area contributed by atoms with Gasteiger partial charge >= 0.3 is 5.97 Å². The first-order valence-corrected chi connectivity index (χ1v) is 6.41. The molecule has 0 saturated heterocycles. The zero-order valence-corrected chi connectivity index (χ0v) is 11.5. The standard InChI is InChI=1S/C13H17N3O5/c1-2-10(17)15-16-12(19)7-11(18)14-9-6-4-3-5-8(9)13(20)21/h3-5,9H,2,6-7H2,1H3,(H,14,18)(H,15,17)(H,16,19)(H,20,21). The van der Waals surface area contributed by atoms with Gasteiger partial charge in [-0.15, -0.1) is 0 Å². The average molecular weight is 295 g/mol. The Bertz CT molecular complexity index is 510. The van der Waals surface area contributed by atoms with Gasteiger partial charge in [-0.25, -0.2) is 4.79 Å². The van der Waals surface area contributed by atoms with Crippen molar-refractivity contribution in [3.8, 4) is 0 Å². The number of aliphatic carboxylic acids is 1. The Kier molecular flexibility index (Phi) is 6.12. The van der Waals surface area contributed by atoms with Crippen LogP contribution in [0.1, 0.15) is 26.2 Å². The zero-order valence-electron chi connectivity index (χ0n) is 11.5. The summed E-state index contributed by atoms with van der Waals surface area (Å²) < 4.78 is 0. The average Bonchev–Trinajstić information content (AvgIpc) is 2.44. The Morgan fingerprint density at radius 1 is 1.19 bits per heavy atom. The largest absolute Gasteiger partial charge is 0.478 e. The molecule has 0 radical (unpaired) electrons. The van der Waals surface area contributed by atoms with Gasteiger partial charge in [-0.2, -0.15) is 0 Å². The summed E-state index contributed by atoms with van der Waals surface area (Å²) in [5.41, 5.74) is 4.28. The molecule has 1 atom stereocenters. The van der Waals surface area contributed by atoms with Crippen molar-refractivity contribution in [2.45, 2.75) is 32.2 Å². The maximum absolute atomic E-state index is 11.7.